The first kappa shape index (κ1) is 123. The molecule has 5 saturated heterocycles. The first-order valence-electron chi connectivity index (χ1n) is 52.5. The lowest BCUT2D eigenvalue weighted by Crippen LogP contribution is -2.43. The van der Waals surface area contributed by atoms with Crippen LogP contribution >= 0.6 is 0 Å². The Morgan fingerprint density at radius 1 is 0.274 bits per heavy atom. The van der Waals surface area contributed by atoms with Gasteiger partial charge in [-0.15, -0.1) is 0 Å². The third-order valence-corrected chi connectivity index (χ3v) is 26.4. The van der Waals surface area contributed by atoms with Crippen molar-refractivity contribution in [1.82, 2.24) is 104 Å². The van der Waals surface area contributed by atoms with Gasteiger partial charge in [0, 0.05) is 358 Å². The molecule has 8 aromatic rings. The van der Waals surface area contributed by atoms with Crippen molar-refractivity contribution in [3.05, 3.63) is 239 Å². The lowest BCUT2D eigenvalue weighted by molar-refractivity contribution is 0.161. The summed E-state index contributed by atoms with van der Waals surface area (Å²) in [6.07, 6.45) is 13.9. The number of nitrogens with zero attached hydrogens (tertiary/aromatic N) is 25. The Bertz CT molecular complexity index is 4360. The van der Waals surface area contributed by atoms with E-state index in [1.165, 1.54) is 164 Å². The average Bonchev–Trinajstić information content (AvgIpc) is 1.01. The van der Waals surface area contributed by atoms with Gasteiger partial charge in [0.05, 0.1) is 69.6 Å². The SMILES string of the molecule is CC1CN(C)CCN(C)CCN1C.CN1CCN(C)CCN(C)CC1.CN1CCN(C)CCN(CCN2CCN(C)CCN(C)CC2)CC1.OCCN1CCN(CCO)CCN(CCO)CC1.Oc1ccccc1C=NCCN(CCN=Cc1ccccc1O)CCN=Cc1ccccc1O.Oc1ccccc1C=NCCNCCN=Cc1ccccc1O.c1ccc(CN(Cc2ccccn2)Cc2ccccn2)nc1. The molecule has 9 N–H and O–H groups in total. The van der Waals surface area contributed by atoms with E-state index in [-0.39, 0.29) is 48.6 Å². The smallest absolute Gasteiger partial charge is 0.124 e. The Labute approximate surface area is 874 Å². The van der Waals surface area contributed by atoms with E-state index in [4.69, 9.17) is 15.3 Å². The van der Waals surface area contributed by atoms with Crippen LogP contribution in [0, 0.1) is 0 Å². The fourth-order valence-corrected chi connectivity index (χ4v) is 16.1. The predicted molar refractivity (Wildman–Crippen MR) is 601 cm³/mol. The topological polar surface area (TPSA) is 329 Å². The number of phenolic OH excluding ortho intramolecular Hbond substituents is 5. The van der Waals surface area contributed by atoms with Crippen molar-refractivity contribution in [1.29, 1.82) is 0 Å². The van der Waals surface area contributed by atoms with Gasteiger partial charge >= 0.3 is 0 Å². The van der Waals surface area contributed by atoms with Crippen LogP contribution in [0.4, 0.5) is 0 Å². The molecule has 5 fully saturated rings. The van der Waals surface area contributed by atoms with E-state index in [0.29, 0.717) is 94.7 Å². The number of phenols is 5. The van der Waals surface area contributed by atoms with Gasteiger partial charge in [-0.05, 0) is 174 Å². The molecule has 0 spiro atoms. The minimum Gasteiger partial charge on any atom is -0.507 e. The highest BCUT2D eigenvalue weighted by Gasteiger charge is 2.21. The number of nitrogens with one attached hydrogen (secondary N) is 1. The van der Waals surface area contributed by atoms with Gasteiger partial charge in [-0.25, -0.2) is 0 Å². The number of aromatic hydroxyl groups is 5. The summed E-state index contributed by atoms with van der Waals surface area (Å²) >= 11 is 0. The van der Waals surface area contributed by atoms with Gasteiger partial charge < -0.3 is 95.2 Å². The van der Waals surface area contributed by atoms with E-state index in [1.54, 1.807) is 91.7 Å². The molecular weight excluding hydrogens is 1840 g/mol. The van der Waals surface area contributed by atoms with Crippen LogP contribution in [0.1, 0.15) is 51.8 Å². The minimum atomic E-state index is 0.181. The molecule has 0 aliphatic carbocycles. The summed E-state index contributed by atoms with van der Waals surface area (Å²) in [6, 6.07) is 54.2. The second-order valence-corrected chi connectivity index (χ2v) is 38.6. The normalized spacial score (nSPS) is 18.2. The van der Waals surface area contributed by atoms with Gasteiger partial charge in [0.1, 0.15) is 28.7 Å². The van der Waals surface area contributed by atoms with Crippen LogP contribution in [0.15, 0.2) is 219 Å². The number of para-hydroxylation sites is 5. The Hall–Kier alpha value is -9.94. The van der Waals surface area contributed by atoms with Crippen LogP contribution in [-0.4, -0.2) is 554 Å². The van der Waals surface area contributed by atoms with Crippen LogP contribution in [-0.2, 0) is 19.6 Å². The van der Waals surface area contributed by atoms with E-state index >= 15 is 0 Å². The van der Waals surface area contributed by atoms with Crippen molar-refractivity contribution >= 4 is 31.1 Å². The van der Waals surface area contributed by atoms with Gasteiger partial charge in [0.2, 0.25) is 0 Å². The molecule has 34 heteroatoms. The maximum absolute atomic E-state index is 9.86. The van der Waals surface area contributed by atoms with Gasteiger partial charge in [0.25, 0.3) is 0 Å². The zero-order valence-electron chi connectivity index (χ0n) is 90.1. The van der Waals surface area contributed by atoms with E-state index in [9.17, 15) is 25.5 Å². The molecule has 13 rings (SSSR count). The number of β-amino-alcohol motifs (C(OH)–C–C–N with tert-alkyl or cyclic N) is 3. The Balaban J connectivity index is 0.000000236. The number of aliphatic imine (C=N–C) groups is 5. The molecule has 1 atom stereocenters. The number of rotatable bonds is 35. The molecule has 0 saturated carbocycles. The predicted octanol–water partition coefficient (Wildman–Crippen LogP) is 6.27. The maximum Gasteiger partial charge on any atom is 0.124 e. The van der Waals surface area contributed by atoms with Crippen molar-refractivity contribution < 1.29 is 40.9 Å². The number of aliphatic hydroxyl groups is 3. The molecule has 5 aromatic carbocycles. The summed E-state index contributed by atoms with van der Waals surface area (Å²) in [6.45, 7) is 49.3. The molecular formula is C112H180N26O8. The number of aliphatic hydroxyl groups excluding tert-OH is 3. The minimum absolute atomic E-state index is 0.181. The molecule has 34 nitrogen and oxygen atoms in total. The zero-order valence-corrected chi connectivity index (χ0v) is 90.1. The van der Waals surface area contributed by atoms with Gasteiger partial charge in [-0.2, -0.15) is 0 Å². The molecule has 146 heavy (non-hydrogen) atoms. The molecule has 0 amide bonds. The molecule has 0 radical (unpaired) electrons. The van der Waals surface area contributed by atoms with E-state index < -0.39 is 0 Å². The number of pyridine rings is 3. The lowest BCUT2D eigenvalue weighted by Gasteiger charge is -2.29. The summed E-state index contributed by atoms with van der Waals surface area (Å²) in [5, 5.41) is 79.1. The molecule has 8 heterocycles. The molecule has 1 unspecified atom stereocenters. The third kappa shape index (κ3) is 55.9. The first-order chi connectivity index (χ1) is 70.9. The van der Waals surface area contributed by atoms with Crippen LogP contribution in [0.2, 0.25) is 0 Å². The second-order valence-electron chi connectivity index (χ2n) is 38.6. The van der Waals surface area contributed by atoms with Gasteiger partial charge in [-0.1, -0.05) is 78.9 Å². The molecule has 0 bridgehead atoms. The van der Waals surface area contributed by atoms with Crippen molar-refractivity contribution in [2.24, 2.45) is 25.0 Å². The highest BCUT2D eigenvalue weighted by molar-refractivity contribution is 5.85. The van der Waals surface area contributed by atoms with Crippen molar-refractivity contribution in [2.75, 3.05) is 378 Å². The monoisotopic (exact) mass is 2020 g/mol. The van der Waals surface area contributed by atoms with E-state index in [0.717, 1.165) is 100 Å². The fourth-order valence-electron chi connectivity index (χ4n) is 16.1. The largest absolute Gasteiger partial charge is 0.507 e. The summed E-state index contributed by atoms with van der Waals surface area (Å²) in [4.78, 5) is 76.0. The van der Waals surface area contributed by atoms with Crippen LogP contribution in [0.25, 0.3) is 0 Å². The molecule has 5 aliphatic rings. The number of benzene rings is 5. The Morgan fingerprint density at radius 3 is 0.740 bits per heavy atom. The third-order valence-electron chi connectivity index (χ3n) is 26.4. The van der Waals surface area contributed by atoms with E-state index in [2.05, 4.69) is 206 Å². The average molecular weight is 2020 g/mol. The summed E-state index contributed by atoms with van der Waals surface area (Å²) in [7, 11) is 22.3. The lowest BCUT2D eigenvalue weighted by atomic mass is 10.2. The zero-order chi connectivity index (χ0) is 105. The quantitative estimate of drug-likeness (QED) is 0.0156. The summed E-state index contributed by atoms with van der Waals surface area (Å²) in [5.74, 6) is 1.10. The maximum atomic E-state index is 9.86. The standard InChI is InChI=1S/C27H30N4O3.C18H40N6.C18H18N4.C18H21N3O2.C12H27N3O3.C10H23N3.C9H21N3/c32-25-10-4-1-7-22(25)19-28-13-16-31(17-14-29-20-23-8-2-5-11-26(23)33)18-15-30-21-24-9-3-6-12-27(24)34;1-19-5-6-20(2)10-14-23(13-9-19)17-18-24-15-11-21(3)7-8-22(4)12-16-24;1-4-10-19-16(7-1)13-22(14-17-8-2-5-11-20-17)15-18-9-3-6-12-21-18;22-17-7-3-1-5-15(17)13-20-11-9-19-10-12-21-14-16-6-2-4-8-18(16)23;16-10-7-13-1-2-14(8-11-17)5-6-15(4-3-13)9-12-18;1-10-9-12(3)6-5-11(2)7-8-13(10)4;1-10-4-6-11(2)8-9-12(3)7-5-10/h1-12,19-21,32-34H,13-18H2;5-18H2,1-4H3;1-12H,13-15H2;1-8,13-14,19,22-23H,9-12H2;16-18H,1-12H2;10H,5-9H2,1-4H3;4-9H2,1-3H3. The summed E-state index contributed by atoms with van der Waals surface area (Å²) < 4.78 is 0. The number of hydrogen-bond donors (Lipinski definition) is 9. The van der Waals surface area contributed by atoms with Crippen molar-refractivity contribution in [2.45, 2.75) is 32.6 Å². The number of likely N-dealkylation sites (N-methyl/N-ethyl adjacent to an activating group) is 10. The highest BCUT2D eigenvalue weighted by Crippen LogP contribution is 2.19. The fraction of sp³-hybridized carbons (Fsp3) is 0.554. The van der Waals surface area contributed by atoms with Crippen LogP contribution in [0.5, 0.6) is 28.7 Å². The van der Waals surface area contributed by atoms with Crippen LogP contribution in [0.3, 0.4) is 0 Å². The van der Waals surface area contributed by atoms with Crippen molar-refractivity contribution in [3.8, 4) is 28.7 Å². The number of hydrogen-bond acceptors (Lipinski definition) is 34. The molecule has 806 valence electrons. The van der Waals surface area contributed by atoms with Gasteiger partial charge in [0.15, 0.2) is 0 Å². The highest BCUT2D eigenvalue weighted by atomic mass is 16.3. The Morgan fingerprint density at radius 2 is 0.493 bits per heavy atom. The molecule has 3 aromatic heterocycles. The van der Waals surface area contributed by atoms with Gasteiger partial charge in [-0.3, -0.25) is 74.2 Å². The molecule has 5 aliphatic heterocycles. The number of aromatic nitrogens is 3. The second kappa shape index (κ2) is 75.7. The summed E-state index contributed by atoms with van der Waals surface area (Å²) in [5.41, 5.74) is 6.66. The Kier molecular flexibility index (Phi) is 63.8. The van der Waals surface area contributed by atoms with Crippen LogP contribution < -0.4 is 5.32 Å². The van der Waals surface area contributed by atoms with Crippen molar-refractivity contribution in [3.63, 3.8) is 0 Å². The van der Waals surface area contributed by atoms with E-state index in [1.807, 2.05) is 134 Å². The first-order valence-corrected chi connectivity index (χ1v) is 52.5.